The molecule has 5 N–H and O–H groups in total. The second-order valence-corrected chi connectivity index (χ2v) is 5.39. The first-order valence-electron chi connectivity index (χ1n) is 7.09. The molecule has 24 heavy (non-hydrogen) atoms. The maximum absolute atomic E-state index is 12.3. The van der Waals surface area contributed by atoms with Crippen LogP contribution in [0.3, 0.4) is 0 Å². The van der Waals surface area contributed by atoms with Crippen molar-refractivity contribution in [3.8, 4) is 0 Å². The minimum Gasteiger partial charge on any atom is -0.479 e. The summed E-state index contributed by atoms with van der Waals surface area (Å²) in [4.78, 5) is 26.2. The quantitative estimate of drug-likeness (QED) is 0.458. The molecule has 1 aromatic carbocycles. The molecular weight excluding hydrogens is 322 g/mol. The third-order valence-electron chi connectivity index (χ3n) is 3.85. The van der Waals surface area contributed by atoms with Crippen molar-refractivity contribution in [3.05, 3.63) is 36.0 Å². The van der Waals surface area contributed by atoms with E-state index in [9.17, 15) is 24.9 Å². The molecule has 1 aromatic heterocycles. The number of esters is 1. The van der Waals surface area contributed by atoms with Gasteiger partial charge in [0.2, 0.25) is 6.29 Å². The highest BCUT2D eigenvalue weighted by molar-refractivity contribution is 6.04. The fourth-order valence-electron chi connectivity index (χ4n) is 2.56. The lowest BCUT2D eigenvalue weighted by atomic mass is 9.99. The molecule has 1 aliphatic heterocycles. The SMILES string of the molecule is O=C(OC1OC(C(=O)O)C(O)C(O)C1O)c1c[nH]c2ccccc12. The molecule has 5 atom stereocenters. The topological polar surface area (TPSA) is 149 Å². The molecule has 1 aliphatic rings. The van der Waals surface area contributed by atoms with Crippen LogP contribution in [-0.2, 0) is 14.3 Å². The largest absolute Gasteiger partial charge is 0.479 e. The monoisotopic (exact) mass is 337 g/mol. The molecule has 0 amide bonds. The average molecular weight is 337 g/mol. The van der Waals surface area contributed by atoms with Crippen molar-refractivity contribution in [1.82, 2.24) is 4.98 Å². The Bertz CT molecular complexity index is 772. The Hall–Kier alpha value is -2.46. The zero-order valence-corrected chi connectivity index (χ0v) is 12.2. The number of aromatic amines is 1. The molecule has 0 radical (unpaired) electrons. The Labute approximate surface area is 135 Å². The number of hydrogen-bond donors (Lipinski definition) is 5. The second-order valence-electron chi connectivity index (χ2n) is 5.39. The Morgan fingerprint density at radius 3 is 2.50 bits per heavy atom. The third-order valence-corrected chi connectivity index (χ3v) is 3.85. The van der Waals surface area contributed by atoms with Crippen LogP contribution < -0.4 is 0 Å². The summed E-state index contributed by atoms with van der Waals surface area (Å²) in [6.07, 6.45) is -7.62. The van der Waals surface area contributed by atoms with Gasteiger partial charge in [-0.25, -0.2) is 9.59 Å². The van der Waals surface area contributed by atoms with Crippen LogP contribution in [0.1, 0.15) is 10.4 Å². The summed E-state index contributed by atoms with van der Waals surface area (Å²) in [6.45, 7) is 0. The van der Waals surface area contributed by atoms with Crippen molar-refractivity contribution >= 4 is 22.8 Å². The number of para-hydroxylation sites is 1. The van der Waals surface area contributed by atoms with E-state index in [-0.39, 0.29) is 5.56 Å². The highest BCUT2D eigenvalue weighted by atomic mass is 16.7. The molecule has 0 spiro atoms. The predicted molar refractivity (Wildman–Crippen MR) is 78.0 cm³/mol. The Morgan fingerprint density at radius 2 is 1.79 bits per heavy atom. The molecule has 0 aliphatic carbocycles. The van der Waals surface area contributed by atoms with Crippen molar-refractivity contribution in [1.29, 1.82) is 0 Å². The predicted octanol–water partition coefficient (Wildman–Crippen LogP) is -0.783. The highest BCUT2D eigenvalue weighted by Gasteiger charge is 2.48. The van der Waals surface area contributed by atoms with E-state index in [0.717, 1.165) is 0 Å². The van der Waals surface area contributed by atoms with E-state index >= 15 is 0 Å². The normalized spacial score (nSPS) is 30.2. The molecule has 1 saturated heterocycles. The van der Waals surface area contributed by atoms with Gasteiger partial charge in [0, 0.05) is 17.1 Å². The molecular formula is C15H15NO8. The number of hydrogen-bond acceptors (Lipinski definition) is 7. The Morgan fingerprint density at radius 1 is 1.08 bits per heavy atom. The van der Waals surface area contributed by atoms with Crippen molar-refractivity contribution < 1.29 is 39.5 Å². The fourth-order valence-corrected chi connectivity index (χ4v) is 2.56. The van der Waals surface area contributed by atoms with Crippen LogP contribution in [0.15, 0.2) is 30.5 Å². The van der Waals surface area contributed by atoms with Crippen LogP contribution in [0, 0.1) is 0 Å². The summed E-state index contributed by atoms with van der Waals surface area (Å²) in [6, 6.07) is 6.93. The minimum absolute atomic E-state index is 0.161. The van der Waals surface area contributed by atoms with Crippen molar-refractivity contribution in [3.63, 3.8) is 0 Å². The van der Waals surface area contributed by atoms with E-state index in [1.54, 1.807) is 24.3 Å². The zero-order chi connectivity index (χ0) is 17.4. The van der Waals surface area contributed by atoms with E-state index in [1.807, 2.05) is 0 Å². The van der Waals surface area contributed by atoms with E-state index in [4.69, 9.17) is 14.6 Å². The molecule has 3 rings (SSSR count). The Balaban J connectivity index is 1.81. The Kier molecular flexibility index (Phi) is 4.24. The summed E-state index contributed by atoms with van der Waals surface area (Å²) in [5.74, 6) is -2.43. The number of aromatic nitrogens is 1. The summed E-state index contributed by atoms with van der Waals surface area (Å²) < 4.78 is 9.90. The number of nitrogens with one attached hydrogen (secondary N) is 1. The molecule has 128 valence electrons. The van der Waals surface area contributed by atoms with Crippen molar-refractivity contribution in [2.45, 2.75) is 30.7 Å². The van der Waals surface area contributed by atoms with Gasteiger partial charge in [-0.1, -0.05) is 18.2 Å². The van der Waals surface area contributed by atoms with Crippen LogP contribution in [0.5, 0.6) is 0 Å². The van der Waals surface area contributed by atoms with Gasteiger partial charge >= 0.3 is 11.9 Å². The van der Waals surface area contributed by atoms with Crippen molar-refractivity contribution in [2.75, 3.05) is 0 Å². The van der Waals surface area contributed by atoms with Crippen molar-refractivity contribution in [2.24, 2.45) is 0 Å². The lowest BCUT2D eigenvalue weighted by Crippen LogP contribution is -2.60. The summed E-state index contributed by atoms with van der Waals surface area (Å²) >= 11 is 0. The lowest BCUT2D eigenvalue weighted by Gasteiger charge is -2.37. The number of carboxylic acids is 1. The summed E-state index contributed by atoms with van der Waals surface area (Å²) in [5.41, 5.74) is 0.849. The van der Waals surface area contributed by atoms with Gasteiger partial charge in [-0.3, -0.25) is 0 Å². The van der Waals surface area contributed by atoms with E-state index in [2.05, 4.69) is 4.98 Å². The number of carboxylic acid groups (broad SMARTS) is 1. The van der Waals surface area contributed by atoms with Crippen LogP contribution in [0.2, 0.25) is 0 Å². The molecule has 9 nitrogen and oxygen atoms in total. The molecule has 0 bridgehead atoms. The molecule has 5 unspecified atom stereocenters. The molecule has 1 fully saturated rings. The molecule has 9 heteroatoms. The van der Waals surface area contributed by atoms with E-state index in [0.29, 0.717) is 10.9 Å². The minimum atomic E-state index is -1.85. The fraction of sp³-hybridized carbons (Fsp3) is 0.333. The van der Waals surface area contributed by atoms with Gasteiger partial charge in [0.05, 0.1) is 5.56 Å². The highest BCUT2D eigenvalue weighted by Crippen LogP contribution is 2.25. The van der Waals surface area contributed by atoms with Gasteiger partial charge in [0.1, 0.15) is 18.3 Å². The second kappa shape index (κ2) is 6.21. The van der Waals surface area contributed by atoms with Crippen LogP contribution in [0.4, 0.5) is 0 Å². The number of rotatable bonds is 3. The number of aliphatic carboxylic acids is 1. The van der Waals surface area contributed by atoms with Crippen LogP contribution in [-0.4, -0.2) is 68.1 Å². The van der Waals surface area contributed by atoms with E-state index < -0.39 is 42.6 Å². The number of aliphatic hydroxyl groups is 3. The van der Waals surface area contributed by atoms with Gasteiger partial charge in [-0.2, -0.15) is 0 Å². The van der Waals surface area contributed by atoms with Gasteiger partial charge in [0.15, 0.2) is 6.10 Å². The standard InChI is InChI=1S/C15H15NO8/c17-9-10(18)12(13(20)21)23-15(11(9)19)24-14(22)7-5-16-8-4-2-1-3-6(7)8/h1-5,9-12,15-19H,(H,20,21). The number of ether oxygens (including phenoxy) is 2. The van der Waals surface area contributed by atoms with Gasteiger partial charge in [-0.05, 0) is 6.07 Å². The summed E-state index contributed by atoms with van der Waals surface area (Å²) in [7, 11) is 0. The van der Waals surface area contributed by atoms with Gasteiger partial charge in [0.25, 0.3) is 0 Å². The molecule has 2 heterocycles. The van der Waals surface area contributed by atoms with Crippen LogP contribution >= 0.6 is 0 Å². The van der Waals surface area contributed by atoms with Gasteiger partial charge in [-0.15, -0.1) is 0 Å². The third kappa shape index (κ3) is 2.74. The average Bonchev–Trinajstić information content (AvgIpc) is 2.99. The lowest BCUT2D eigenvalue weighted by molar-refractivity contribution is -0.278. The number of aliphatic hydroxyl groups excluding tert-OH is 3. The summed E-state index contributed by atoms with van der Waals surface area (Å²) in [5, 5.41) is 38.7. The first-order valence-corrected chi connectivity index (χ1v) is 7.09. The number of H-pyrrole nitrogens is 1. The maximum Gasteiger partial charge on any atom is 0.342 e. The molecule has 2 aromatic rings. The number of benzene rings is 1. The van der Waals surface area contributed by atoms with E-state index in [1.165, 1.54) is 6.20 Å². The molecule has 0 saturated carbocycles. The maximum atomic E-state index is 12.3. The van der Waals surface area contributed by atoms with Crippen LogP contribution in [0.25, 0.3) is 10.9 Å². The van der Waals surface area contributed by atoms with Gasteiger partial charge < -0.3 is 34.9 Å². The number of fused-ring (bicyclic) bond motifs is 1. The first kappa shape index (κ1) is 16.4. The number of carbonyl (C=O) groups excluding carboxylic acids is 1. The smallest absolute Gasteiger partial charge is 0.342 e. The zero-order valence-electron chi connectivity index (χ0n) is 12.2. The first-order chi connectivity index (χ1) is 11.4. The number of carbonyl (C=O) groups is 2.